The van der Waals surface area contributed by atoms with Gasteiger partial charge in [0.15, 0.2) is 0 Å². The van der Waals surface area contributed by atoms with Crippen LogP contribution < -0.4 is 0 Å². The van der Waals surface area contributed by atoms with Crippen molar-refractivity contribution in [1.29, 1.82) is 0 Å². The predicted octanol–water partition coefficient (Wildman–Crippen LogP) is 2.21. The van der Waals surface area contributed by atoms with Crippen LogP contribution >= 0.6 is 11.8 Å². The Morgan fingerprint density at radius 3 is 3.00 bits per heavy atom. The molecule has 0 saturated heterocycles. The van der Waals surface area contributed by atoms with Gasteiger partial charge in [-0.1, -0.05) is 6.07 Å². The van der Waals surface area contributed by atoms with E-state index in [0.717, 1.165) is 11.4 Å². The summed E-state index contributed by atoms with van der Waals surface area (Å²) >= 11 is 1.84. The lowest BCUT2D eigenvalue weighted by Gasteiger charge is -2.05. The Hall–Kier alpha value is -0.830. The first-order chi connectivity index (χ1) is 5.86. The Bertz CT molecular complexity index is 292. The van der Waals surface area contributed by atoms with E-state index in [1.807, 2.05) is 37.2 Å². The number of nitrogens with zero attached hydrogens (tertiary/aromatic N) is 2. The molecule has 0 aromatic carbocycles. The summed E-state index contributed by atoms with van der Waals surface area (Å²) in [6.45, 7) is 1.99. The molecule has 0 spiro atoms. The predicted molar refractivity (Wildman–Crippen MR) is 52.7 cm³/mol. The minimum Gasteiger partial charge on any atom is -0.278 e. The molecule has 2 rings (SSSR count). The fraction of sp³-hybridized carbons (Fsp3) is 0.333. The van der Waals surface area contributed by atoms with E-state index in [2.05, 4.69) is 16.0 Å². The highest BCUT2D eigenvalue weighted by Gasteiger charge is 2.12. The van der Waals surface area contributed by atoms with E-state index in [0.29, 0.717) is 0 Å². The molecule has 0 fully saturated rings. The van der Waals surface area contributed by atoms with Crippen molar-refractivity contribution in [3.8, 4) is 0 Å². The normalized spacial score (nSPS) is 21.6. The van der Waals surface area contributed by atoms with Gasteiger partial charge in [-0.05, 0) is 13.0 Å². The van der Waals surface area contributed by atoms with Crippen molar-refractivity contribution in [2.24, 2.45) is 4.99 Å². The highest BCUT2D eigenvalue weighted by atomic mass is 32.2. The van der Waals surface area contributed by atoms with Crippen LogP contribution in [0.3, 0.4) is 0 Å². The molecular formula is C9H10N2S. The van der Waals surface area contributed by atoms with Gasteiger partial charge < -0.3 is 0 Å². The van der Waals surface area contributed by atoms with Gasteiger partial charge in [-0.2, -0.15) is 0 Å². The number of aliphatic imine (C=N–C) groups is 1. The highest BCUT2D eigenvalue weighted by Crippen LogP contribution is 2.32. The van der Waals surface area contributed by atoms with Crippen LogP contribution in [0.1, 0.15) is 16.6 Å². The lowest BCUT2D eigenvalue weighted by Crippen LogP contribution is -1.89. The van der Waals surface area contributed by atoms with Crippen LogP contribution in [0.2, 0.25) is 0 Å². The second kappa shape index (κ2) is 3.27. The smallest absolute Gasteiger partial charge is 0.122 e. The minimum absolute atomic E-state index is 0.290. The van der Waals surface area contributed by atoms with Gasteiger partial charge in [-0.15, -0.1) is 11.8 Å². The molecule has 0 saturated carbocycles. The first-order valence-corrected chi connectivity index (χ1v) is 4.97. The number of aryl methyl sites for hydroxylation is 1. The monoisotopic (exact) mass is 178 g/mol. The van der Waals surface area contributed by atoms with Gasteiger partial charge in [0.1, 0.15) is 5.37 Å². The maximum Gasteiger partial charge on any atom is 0.122 e. The molecule has 0 N–H and O–H groups in total. The zero-order chi connectivity index (χ0) is 8.39. The van der Waals surface area contributed by atoms with E-state index < -0.39 is 0 Å². The molecule has 1 aliphatic rings. The van der Waals surface area contributed by atoms with Crippen molar-refractivity contribution in [3.05, 3.63) is 29.6 Å². The molecule has 1 aromatic heterocycles. The molecule has 1 atom stereocenters. The molecule has 0 aliphatic carbocycles. The summed E-state index contributed by atoms with van der Waals surface area (Å²) in [6.07, 6.45) is 3.88. The first kappa shape index (κ1) is 7.80. The number of pyridine rings is 1. The zero-order valence-electron chi connectivity index (χ0n) is 6.90. The summed E-state index contributed by atoms with van der Waals surface area (Å²) in [4.78, 5) is 8.57. The Morgan fingerprint density at radius 2 is 2.42 bits per heavy atom. The Labute approximate surface area is 76.1 Å². The third-order valence-electron chi connectivity index (χ3n) is 1.79. The van der Waals surface area contributed by atoms with Crippen molar-refractivity contribution < 1.29 is 0 Å². The van der Waals surface area contributed by atoms with Crippen molar-refractivity contribution in [2.75, 3.05) is 5.75 Å². The summed E-state index contributed by atoms with van der Waals surface area (Å²) in [5.74, 6) is 1.03. The molecule has 62 valence electrons. The number of rotatable bonds is 1. The summed E-state index contributed by atoms with van der Waals surface area (Å²) in [5, 5.41) is 0.290. The van der Waals surface area contributed by atoms with Crippen molar-refractivity contribution in [1.82, 2.24) is 4.98 Å². The lowest BCUT2D eigenvalue weighted by atomic mass is 10.2. The van der Waals surface area contributed by atoms with Gasteiger partial charge in [0, 0.05) is 29.4 Å². The van der Waals surface area contributed by atoms with E-state index >= 15 is 0 Å². The maximum atomic E-state index is 4.33. The standard InChI is InChI=1S/C9H10N2S/c1-7-2-3-8(6-11-7)9-10-4-5-12-9/h2-4,6,9H,5H2,1H3. The first-order valence-electron chi connectivity index (χ1n) is 3.92. The molecule has 0 radical (unpaired) electrons. The second-order valence-electron chi connectivity index (χ2n) is 2.75. The number of aromatic nitrogens is 1. The fourth-order valence-electron chi connectivity index (χ4n) is 1.12. The second-order valence-corrected chi connectivity index (χ2v) is 3.86. The lowest BCUT2D eigenvalue weighted by molar-refractivity contribution is 1.02. The molecule has 1 unspecified atom stereocenters. The zero-order valence-corrected chi connectivity index (χ0v) is 7.71. The van der Waals surface area contributed by atoms with Gasteiger partial charge in [-0.3, -0.25) is 9.98 Å². The maximum absolute atomic E-state index is 4.33. The van der Waals surface area contributed by atoms with Crippen LogP contribution in [0.15, 0.2) is 23.3 Å². The summed E-state index contributed by atoms with van der Waals surface area (Å²) in [6, 6.07) is 4.13. The molecule has 2 nitrogen and oxygen atoms in total. The minimum atomic E-state index is 0.290. The average Bonchev–Trinajstić information content (AvgIpc) is 2.58. The van der Waals surface area contributed by atoms with Gasteiger partial charge in [0.2, 0.25) is 0 Å². The topological polar surface area (TPSA) is 25.2 Å². The number of hydrogen-bond donors (Lipinski definition) is 0. The van der Waals surface area contributed by atoms with Crippen LogP contribution in [-0.2, 0) is 0 Å². The van der Waals surface area contributed by atoms with Gasteiger partial charge in [-0.25, -0.2) is 0 Å². The van der Waals surface area contributed by atoms with Crippen molar-refractivity contribution >= 4 is 18.0 Å². The summed E-state index contributed by atoms with van der Waals surface area (Å²) < 4.78 is 0. The van der Waals surface area contributed by atoms with Crippen LogP contribution in [0.5, 0.6) is 0 Å². The highest BCUT2D eigenvalue weighted by molar-refractivity contribution is 8.00. The van der Waals surface area contributed by atoms with E-state index in [1.54, 1.807) is 0 Å². The van der Waals surface area contributed by atoms with Crippen LogP contribution in [0, 0.1) is 6.92 Å². The van der Waals surface area contributed by atoms with Crippen LogP contribution in [0.4, 0.5) is 0 Å². The molecule has 12 heavy (non-hydrogen) atoms. The van der Waals surface area contributed by atoms with Gasteiger partial charge in [0.25, 0.3) is 0 Å². The summed E-state index contributed by atoms with van der Waals surface area (Å²) in [7, 11) is 0. The Balaban J connectivity index is 2.23. The van der Waals surface area contributed by atoms with Crippen LogP contribution in [0.25, 0.3) is 0 Å². The van der Waals surface area contributed by atoms with Crippen molar-refractivity contribution in [3.63, 3.8) is 0 Å². The van der Waals surface area contributed by atoms with E-state index in [1.165, 1.54) is 5.56 Å². The molecule has 2 heterocycles. The molecule has 1 aliphatic heterocycles. The molecule has 1 aromatic rings. The number of hydrogen-bond acceptors (Lipinski definition) is 3. The Morgan fingerprint density at radius 1 is 1.50 bits per heavy atom. The van der Waals surface area contributed by atoms with Gasteiger partial charge in [0.05, 0.1) is 0 Å². The van der Waals surface area contributed by atoms with Crippen LogP contribution in [-0.4, -0.2) is 17.0 Å². The van der Waals surface area contributed by atoms with Crippen molar-refractivity contribution in [2.45, 2.75) is 12.3 Å². The van der Waals surface area contributed by atoms with E-state index in [9.17, 15) is 0 Å². The SMILES string of the molecule is Cc1ccc(C2N=CCS2)cn1. The quantitative estimate of drug-likeness (QED) is 0.658. The fourth-order valence-corrected chi connectivity index (χ4v) is 1.98. The molecule has 0 amide bonds. The third-order valence-corrected chi connectivity index (χ3v) is 2.84. The molecule has 3 heteroatoms. The van der Waals surface area contributed by atoms with E-state index in [-0.39, 0.29) is 5.37 Å². The third kappa shape index (κ3) is 1.50. The summed E-state index contributed by atoms with van der Waals surface area (Å²) in [5.41, 5.74) is 2.27. The Kier molecular flexibility index (Phi) is 2.13. The molecular weight excluding hydrogens is 168 g/mol. The molecule has 0 bridgehead atoms. The largest absolute Gasteiger partial charge is 0.278 e. The van der Waals surface area contributed by atoms with E-state index in [4.69, 9.17) is 0 Å². The number of thioether (sulfide) groups is 1. The van der Waals surface area contributed by atoms with Gasteiger partial charge >= 0.3 is 0 Å². The average molecular weight is 178 g/mol.